The van der Waals surface area contributed by atoms with Crippen molar-refractivity contribution in [1.82, 2.24) is 9.21 Å². The number of rotatable bonds is 10. The zero-order valence-electron chi connectivity index (χ0n) is 25.2. The Labute approximate surface area is 257 Å². The number of likely N-dealkylation sites (tertiary alicyclic amines) is 1. The van der Waals surface area contributed by atoms with Crippen LogP contribution in [0.15, 0.2) is 108 Å². The highest BCUT2D eigenvalue weighted by Gasteiger charge is 2.42. The number of aryl methyl sites for hydroxylation is 1. The predicted molar refractivity (Wildman–Crippen MR) is 175 cm³/mol. The van der Waals surface area contributed by atoms with E-state index in [-0.39, 0.29) is 6.04 Å². The molecule has 1 unspecified atom stereocenters. The van der Waals surface area contributed by atoms with Gasteiger partial charge in [-0.3, -0.25) is 0 Å². The molecule has 0 aromatic heterocycles. The number of fused-ring (bicyclic) bond motifs is 1. The van der Waals surface area contributed by atoms with Gasteiger partial charge in [0, 0.05) is 32.7 Å². The number of hydrogen-bond donors (Lipinski definition) is 1. The van der Waals surface area contributed by atoms with Crippen LogP contribution in [0.1, 0.15) is 55.6 Å². The molecule has 0 amide bonds. The molecule has 6 heteroatoms. The summed E-state index contributed by atoms with van der Waals surface area (Å²) >= 11 is 0. The molecule has 4 aromatic carbocycles. The highest BCUT2D eigenvalue weighted by atomic mass is 32.2. The molecule has 1 aliphatic carbocycles. The Kier molecular flexibility index (Phi) is 9.01. The normalized spacial score (nSPS) is 22.7. The third kappa shape index (κ3) is 6.88. The number of aliphatic hydroxyl groups is 1. The zero-order valence-corrected chi connectivity index (χ0v) is 26.0. The number of sulfonamides is 1. The van der Waals surface area contributed by atoms with Gasteiger partial charge in [0.05, 0.1) is 10.5 Å². The van der Waals surface area contributed by atoms with Crippen LogP contribution in [0, 0.1) is 5.92 Å². The summed E-state index contributed by atoms with van der Waals surface area (Å²) in [5.41, 5.74) is 2.04. The second-order valence-corrected chi connectivity index (χ2v) is 14.8. The lowest BCUT2D eigenvalue weighted by Crippen LogP contribution is -2.46. The summed E-state index contributed by atoms with van der Waals surface area (Å²) in [5, 5.41) is 13.3. The molecule has 4 aromatic rings. The summed E-state index contributed by atoms with van der Waals surface area (Å²) in [6.07, 6.45) is 6.08. The maximum atomic E-state index is 13.8. The molecule has 2 fully saturated rings. The van der Waals surface area contributed by atoms with Crippen LogP contribution in [0.3, 0.4) is 0 Å². The van der Waals surface area contributed by atoms with E-state index < -0.39 is 15.6 Å². The molecular weight excluding hydrogens is 552 g/mol. The third-order valence-corrected chi connectivity index (χ3v) is 11.9. The van der Waals surface area contributed by atoms with Crippen molar-refractivity contribution in [2.45, 2.75) is 67.4 Å². The van der Waals surface area contributed by atoms with E-state index in [4.69, 9.17) is 0 Å². The zero-order chi connectivity index (χ0) is 29.9. The van der Waals surface area contributed by atoms with Gasteiger partial charge in [0.2, 0.25) is 10.0 Å². The minimum atomic E-state index is -3.63. The maximum Gasteiger partial charge on any atom is 0.243 e. The first kappa shape index (κ1) is 30.0. The van der Waals surface area contributed by atoms with Crippen molar-refractivity contribution < 1.29 is 13.5 Å². The van der Waals surface area contributed by atoms with Crippen molar-refractivity contribution in [3.63, 3.8) is 0 Å². The standard InChI is InChI=1S/C37H44N2O3S/c1-38(43(41,42)35-19-18-30-14-8-9-17-32(30)26-35)34-25-33(36(27-34)31-15-6-3-7-16-31)28-39-23-21-37(40,22-24-39)20-10-13-29-11-4-2-5-12-29/h2-9,11-12,14-19,26,33-34,36,40H,10,13,20-25,27-28H2,1H3/t33-,34?,36-/m1/s1. The molecule has 6 rings (SSSR count). The quantitative estimate of drug-likeness (QED) is 0.217. The summed E-state index contributed by atoms with van der Waals surface area (Å²) in [6.45, 7) is 2.70. The van der Waals surface area contributed by atoms with Gasteiger partial charge in [-0.1, -0.05) is 91.0 Å². The smallest absolute Gasteiger partial charge is 0.243 e. The van der Waals surface area contributed by atoms with Gasteiger partial charge in [0.1, 0.15) is 0 Å². The molecule has 1 heterocycles. The fourth-order valence-electron chi connectivity index (χ4n) is 7.39. The van der Waals surface area contributed by atoms with Crippen molar-refractivity contribution in [3.05, 3.63) is 114 Å². The minimum absolute atomic E-state index is 0.0635. The first-order valence-corrected chi connectivity index (χ1v) is 17.3. The Bertz CT molecular complexity index is 1600. The molecule has 3 atom stereocenters. The van der Waals surface area contributed by atoms with Crippen LogP contribution < -0.4 is 0 Å². The topological polar surface area (TPSA) is 60.9 Å². The van der Waals surface area contributed by atoms with Crippen molar-refractivity contribution in [2.24, 2.45) is 5.92 Å². The lowest BCUT2D eigenvalue weighted by atomic mass is 9.84. The first-order valence-electron chi connectivity index (χ1n) is 15.8. The Balaban J connectivity index is 1.11. The van der Waals surface area contributed by atoms with Gasteiger partial charge in [0.25, 0.3) is 0 Å². The average molecular weight is 597 g/mol. The molecule has 0 spiro atoms. The van der Waals surface area contributed by atoms with Gasteiger partial charge in [-0.2, -0.15) is 4.31 Å². The lowest BCUT2D eigenvalue weighted by Gasteiger charge is -2.40. The van der Waals surface area contributed by atoms with Gasteiger partial charge < -0.3 is 10.0 Å². The third-order valence-electron chi connectivity index (χ3n) is 10.0. The van der Waals surface area contributed by atoms with E-state index in [1.165, 1.54) is 11.1 Å². The number of benzene rings is 4. The van der Waals surface area contributed by atoms with Crippen molar-refractivity contribution in [1.29, 1.82) is 0 Å². The van der Waals surface area contributed by atoms with E-state index in [1.54, 1.807) is 23.5 Å². The summed E-state index contributed by atoms with van der Waals surface area (Å²) < 4.78 is 29.3. The molecule has 0 bridgehead atoms. The second kappa shape index (κ2) is 12.9. The van der Waals surface area contributed by atoms with Gasteiger partial charge in [-0.15, -0.1) is 0 Å². The van der Waals surface area contributed by atoms with Crippen LogP contribution in [-0.2, 0) is 16.4 Å². The van der Waals surface area contributed by atoms with Gasteiger partial charge >= 0.3 is 0 Å². The summed E-state index contributed by atoms with van der Waals surface area (Å²) in [6, 6.07) is 34.4. The molecule has 1 saturated heterocycles. The summed E-state index contributed by atoms with van der Waals surface area (Å²) in [7, 11) is -1.87. The van der Waals surface area contributed by atoms with E-state index in [0.717, 1.165) is 75.4 Å². The lowest BCUT2D eigenvalue weighted by molar-refractivity contribution is -0.0318. The molecule has 1 N–H and O–H groups in total. The van der Waals surface area contributed by atoms with E-state index in [1.807, 2.05) is 42.5 Å². The summed E-state index contributed by atoms with van der Waals surface area (Å²) in [4.78, 5) is 2.86. The molecule has 1 saturated carbocycles. The Hall–Kier alpha value is -3.03. The van der Waals surface area contributed by atoms with Crippen LogP contribution in [0.5, 0.6) is 0 Å². The van der Waals surface area contributed by atoms with Crippen molar-refractivity contribution in [3.8, 4) is 0 Å². The molecule has 0 radical (unpaired) electrons. The van der Waals surface area contributed by atoms with Crippen molar-refractivity contribution in [2.75, 3.05) is 26.7 Å². The van der Waals surface area contributed by atoms with Crippen LogP contribution in [-0.4, -0.2) is 61.1 Å². The van der Waals surface area contributed by atoms with Crippen LogP contribution >= 0.6 is 0 Å². The van der Waals surface area contributed by atoms with Gasteiger partial charge in [-0.25, -0.2) is 8.42 Å². The van der Waals surface area contributed by atoms with Crippen LogP contribution in [0.4, 0.5) is 0 Å². The molecule has 226 valence electrons. The molecule has 43 heavy (non-hydrogen) atoms. The van der Waals surface area contributed by atoms with Gasteiger partial charge in [-0.05, 0) is 90.8 Å². The molecule has 2 aliphatic rings. The monoisotopic (exact) mass is 596 g/mol. The predicted octanol–water partition coefficient (Wildman–Crippen LogP) is 6.87. The maximum absolute atomic E-state index is 13.8. The van der Waals surface area contributed by atoms with Crippen LogP contribution in [0.25, 0.3) is 10.8 Å². The molecule has 5 nitrogen and oxygen atoms in total. The minimum Gasteiger partial charge on any atom is -0.390 e. The number of hydrogen-bond acceptors (Lipinski definition) is 4. The summed E-state index contributed by atoms with van der Waals surface area (Å²) in [5.74, 6) is 0.651. The molecule has 1 aliphatic heterocycles. The first-order chi connectivity index (χ1) is 20.8. The van der Waals surface area contributed by atoms with Crippen LogP contribution in [0.2, 0.25) is 0 Å². The number of piperidine rings is 1. The van der Waals surface area contributed by atoms with Crippen molar-refractivity contribution >= 4 is 20.8 Å². The van der Waals surface area contributed by atoms with E-state index in [9.17, 15) is 13.5 Å². The largest absolute Gasteiger partial charge is 0.390 e. The Morgan fingerprint density at radius 2 is 1.49 bits per heavy atom. The Morgan fingerprint density at radius 3 is 2.21 bits per heavy atom. The SMILES string of the molecule is CN(C1C[C@H](CN2CCC(O)(CCCc3ccccc3)CC2)[C@@H](c2ccccc2)C1)S(=O)(=O)c1ccc2ccccc2c1. The average Bonchev–Trinajstić information content (AvgIpc) is 3.46. The molecular formula is C37H44N2O3S. The highest BCUT2D eigenvalue weighted by Crippen LogP contribution is 2.44. The highest BCUT2D eigenvalue weighted by molar-refractivity contribution is 7.89. The van der Waals surface area contributed by atoms with E-state index in [2.05, 4.69) is 53.4 Å². The fraction of sp³-hybridized carbons (Fsp3) is 0.405. The fourth-order valence-corrected chi connectivity index (χ4v) is 8.81. The second-order valence-electron chi connectivity index (χ2n) is 12.8. The number of nitrogens with zero attached hydrogens (tertiary/aromatic N) is 2. The Morgan fingerprint density at radius 1 is 0.837 bits per heavy atom. The van der Waals surface area contributed by atoms with E-state index >= 15 is 0 Å². The van der Waals surface area contributed by atoms with Gasteiger partial charge in [0.15, 0.2) is 0 Å². The van der Waals surface area contributed by atoms with E-state index in [0.29, 0.717) is 16.7 Å².